The van der Waals surface area contributed by atoms with E-state index >= 15 is 0 Å². The molecule has 5 nitrogen and oxygen atoms in total. The fourth-order valence-electron chi connectivity index (χ4n) is 4.12. The molecular weight excluding hydrogens is 402 g/mol. The second-order valence-corrected chi connectivity index (χ2v) is 8.50. The number of hydrogen-bond acceptors (Lipinski definition) is 5. The normalized spacial score (nSPS) is 14.7. The fraction of sp³-hybridized carbons (Fsp3) is 0.370. The molecule has 1 aromatic heterocycles. The van der Waals surface area contributed by atoms with E-state index in [1.807, 2.05) is 51.1 Å². The molecule has 1 atom stereocenters. The van der Waals surface area contributed by atoms with Crippen LogP contribution in [0.5, 0.6) is 11.5 Å². The average molecular weight is 434 g/mol. The molecule has 168 valence electrons. The van der Waals surface area contributed by atoms with E-state index in [9.17, 15) is 4.79 Å². The summed E-state index contributed by atoms with van der Waals surface area (Å²) in [5.74, 6) is 3.50. The first kappa shape index (κ1) is 22.0. The van der Waals surface area contributed by atoms with Gasteiger partial charge in [-0.15, -0.1) is 0 Å². The maximum atomic E-state index is 12.6. The molecule has 0 spiro atoms. The van der Waals surface area contributed by atoms with Gasteiger partial charge in [-0.2, -0.15) is 0 Å². The molecule has 0 saturated carbocycles. The fourth-order valence-corrected chi connectivity index (χ4v) is 4.12. The number of nitrogens with zero attached hydrogens (tertiary/aromatic N) is 1. The van der Waals surface area contributed by atoms with E-state index in [2.05, 4.69) is 36.1 Å². The molecule has 0 radical (unpaired) electrons. The Labute approximate surface area is 189 Å². The smallest absolute Gasteiger partial charge is 0.166 e. The van der Waals surface area contributed by atoms with Crippen LogP contribution < -0.4 is 14.4 Å². The third-order valence-corrected chi connectivity index (χ3v) is 5.95. The van der Waals surface area contributed by atoms with Gasteiger partial charge < -0.3 is 18.8 Å². The van der Waals surface area contributed by atoms with Crippen molar-refractivity contribution in [1.29, 1.82) is 0 Å². The number of furan rings is 1. The van der Waals surface area contributed by atoms with Crippen LogP contribution in [-0.4, -0.2) is 31.6 Å². The minimum Gasteiger partial charge on any atom is -0.494 e. The van der Waals surface area contributed by atoms with Gasteiger partial charge in [-0.1, -0.05) is 19.1 Å². The maximum absolute atomic E-state index is 12.6. The summed E-state index contributed by atoms with van der Waals surface area (Å²) in [4.78, 5) is 14.9. The Hall–Kier alpha value is -3.21. The van der Waals surface area contributed by atoms with Crippen LogP contribution in [0.1, 0.15) is 53.6 Å². The lowest BCUT2D eigenvalue weighted by molar-refractivity contribution is 0.0974. The van der Waals surface area contributed by atoms with E-state index in [4.69, 9.17) is 13.9 Å². The minimum absolute atomic E-state index is 0.132. The molecule has 2 aromatic carbocycles. The van der Waals surface area contributed by atoms with Gasteiger partial charge in [0.25, 0.3) is 0 Å². The molecule has 5 heteroatoms. The zero-order valence-corrected chi connectivity index (χ0v) is 19.3. The van der Waals surface area contributed by atoms with Gasteiger partial charge in [-0.25, -0.2) is 0 Å². The number of aryl methyl sites for hydroxylation is 2. The van der Waals surface area contributed by atoms with Gasteiger partial charge in [0.15, 0.2) is 5.78 Å². The van der Waals surface area contributed by atoms with Crippen molar-refractivity contribution in [3.63, 3.8) is 0 Å². The number of carbonyl (C=O) groups is 1. The van der Waals surface area contributed by atoms with Gasteiger partial charge in [0.1, 0.15) is 29.1 Å². The Kier molecular flexibility index (Phi) is 6.54. The standard InChI is InChI=1S/C27H31NO4/c1-5-30-23-10-12-24(13-11-23)32-25-16-28(17-25)22-8-6-21(7-9-22)18(2)14-27(29)26-15-19(3)31-20(26)4/h6-13,15,18,25H,5,14,16-17H2,1-4H3/t18-/m1/s1. The molecule has 0 N–H and O–H groups in total. The predicted molar refractivity (Wildman–Crippen MR) is 126 cm³/mol. The van der Waals surface area contributed by atoms with Crippen LogP contribution in [-0.2, 0) is 0 Å². The number of carbonyl (C=O) groups excluding carboxylic acids is 1. The first-order chi connectivity index (χ1) is 15.4. The van der Waals surface area contributed by atoms with Crippen LogP contribution in [0.3, 0.4) is 0 Å². The number of anilines is 1. The highest BCUT2D eigenvalue weighted by Gasteiger charge is 2.29. The summed E-state index contributed by atoms with van der Waals surface area (Å²) < 4.78 is 17.0. The number of ketones is 1. The van der Waals surface area contributed by atoms with Gasteiger partial charge >= 0.3 is 0 Å². The van der Waals surface area contributed by atoms with Crippen molar-refractivity contribution in [2.24, 2.45) is 0 Å². The molecule has 1 fully saturated rings. The van der Waals surface area contributed by atoms with E-state index < -0.39 is 0 Å². The number of rotatable bonds is 9. The van der Waals surface area contributed by atoms with E-state index in [0.29, 0.717) is 24.4 Å². The topological polar surface area (TPSA) is 51.9 Å². The van der Waals surface area contributed by atoms with Crippen LogP contribution in [0.15, 0.2) is 59.0 Å². The minimum atomic E-state index is 0.132. The lowest BCUT2D eigenvalue weighted by Crippen LogP contribution is -2.54. The van der Waals surface area contributed by atoms with Crippen molar-refractivity contribution in [3.05, 3.63) is 77.2 Å². The molecule has 0 unspecified atom stereocenters. The zero-order valence-electron chi connectivity index (χ0n) is 19.3. The van der Waals surface area contributed by atoms with Crippen LogP contribution in [0.4, 0.5) is 5.69 Å². The van der Waals surface area contributed by atoms with Crippen molar-refractivity contribution >= 4 is 11.5 Å². The quantitative estimate of drug-likeness (QED) is 0.391. The third-order valence-electron chi connectivity index (χ3n) is 5.95. The largest absolute Gasteiger partial charge is 0.494 e. The Bertz CT molecular complexity index is 1050. The van der Waals surface area contributed by atoms with Crippen LogP contribution in [0, 0.1) is 13.8 Å². The molecule has 1 saturated heterocycles. The van der Waals surface area contributed by atoms with Crippen molar-refractivity contribution in [2.45, 2.75) is 46.1 Å². The first-order valence-corrected chi connectivity index (χ1v) is 11.3. The molecule has 1 aliphatic heterocycles. The summed E-state index contributed by atoms with van der Waals surface area (Å²) >= 11 is 0. The number of ether oxygens (including phenoxy) is 2. The molecule has 0 bridgehead atoms. The van der Waals surface area contributed by atoms with Crippen molar-refractivity contribution in [3.8, 4) is 11.5 Å². The van der Waals surface area contributed by atoms with Crippen LogP contribution in [0.25, 0.3) is 0 Å². The van der Waals surface area contributed by atoms with E-state index in [1.54, 1.807) is 0 Å². The molecule has 1 aliphatic rings. The van der Waals surface area contributed by atoms with Crippen LogP contribution in [0.2, 0.25) is 0 Å². The summed E-state index contributed by atoms with van der Waals surface area (Å²) in [6.45, 7) is 10.2. The van der Waals surface area contributed by atoms with Gasteiger partial charge in [0.05, 0.1) is 25.3 Å². The monoisotopic (exact) mass is 433 g/mol. The highest BCUT2D eigenvalue weighted by atomic mass is 16.5. The lowest BCUT2D eigenvalue weighted by atomic mass is 9.93. The second-order valence-electron chi connectivity index (χ2n) is 8.50. The number of benzene rings is 2. The van der Waals surface area contributed by atoms with Gasteiger partial charge in [0, 0.05) is 12.1 Å². The molecule has 4 rings (SSSR count). The third kappa shape index (κ3) is 4.98. The maximum Gasteiger partial charge on any atom is 0.166 e. The van der Waals surface area contributed by atoms with Crippen LogP contribution >= 0.6 is 0 Å². The Morgan fingerprint density at radius 2 is 1.72 bits per heavy atom. The first-order valence-electron chi connectivity index (χ1n) is 11.3. The molecule has 3 aromatic rings. The molecule has 0 aliphatic carbocycles. The van der Waals surface area contributed by atoms with Gasteiger partial charge in [-0.05, 0) is 74.7 Å². The summed E-state index contributed by atoms with van der Waals surface area (Å²) in [6, 6.07) is 18.2. The number of hydrogen-bond donors (Lipinski definition) is 0. The predicted octanol–water partition coefficient (Wildman–Crippen LogP) is 5.94. The summed E-state index contributed by atoms with van der Waals surface area (Å²) in [7, 11) is 0. The number of Topliss-reactive ketones (excluding diaryl/α,β-unsaturated/α-hetero) is 1. The van der Waals surface area contributed by atoms with Crippen molar-refractivity contribution in [2.75, 3.05) is 24.6 Å². The molecule has 0 amide bonds. The zero-order chi connectivity index (χ0) is 22.7. The highest BCUT2D eigenvalue weighted by molar-refractivity contribution is 5.97. The SMILES string of the molecule is CCOc1ccc(OC2CN(c3ccc([C@H](C)CC(=O)c4cc(C)oc4C)cc3)C2)cc1. The summed E-state index contributed by atoms with van der Waals surface area (Å²) in [5.41, 5.74) is 3.05. The van der Waals surface area contributed by atoms with Gasteiger partial charge in [-0.3, -0.25) is 4.79 Å². The van der Waals surface area contributed by atoms with E-state index in [-0.39, 0.29) is 17.8 Å². The van der Waals surface area contributed by atoms with Crippen molar-refractivity contribution < 1.29 is 18.7 Å². The Morgan fingerprint density at radius 1 is 1.06 bits per heavy atom. The highest BCUT2D eigenvalue weighted by Crippen LogP contribution is 2.29. The van der Waals surface area contributed by atoms with Gasteiger partial charge in [0.2, 0.25) is 0 Å². The molecular formula is C27H31NO4. The lowest BCUT2D eigenvalue weighted by Gasteiger charge is -2.40. The summed E-state index contributed by atoms with van der Waals surface area (Å²) in [5, 5.41) is 0. The molecule has 2 heterocycles. The second kappa shape index (κ2) is 9.51. The van der Waals surface area contributed by atoms with E-state index in [1.165, 1.54) is 11.3 Å². The Morgan fingerprint density at radius 3 is 2.31 bits per heavy atom. The van der Waals surface area contributed by atoms with E-state index in [0.717, 1.165) is 30.3 Å². The Balaban J connectivity index is 1.27. The summed E-state index contributed by atoms with van der Waals surface area (Å²) in [6.07, 6.45) is 0.659. The average Bonchev–Trinajstić information content (AvgIpc) is 3.10. The molecule has 32 heavy (non-hydrogen) atoms. The van der Waals surface area contributed by atoms with Crippen molar-refractivity contribution in [1.82, 2.24) is 0 Å².